The van der Waals surface area contributed by atoms with E-state index < -0.39 is 17.5 Å². The Morgan fingerprint density at radius 3 is 2.19 bits per heavy atom. The van der Waals surface area contributed by atoms with Gasteiger partial charge in [-0.25, -0.2) is 9.59 Å². The van der Waals surface area contributed by atoms with Gasteiger partial charge in [0, 0.05) is 6.54 Å². The van der Waals surface area contributed by atoms with Gasteiger partial charge >= 0.3 is 12.0 Å². The minimum absolute atomic E-state index is 0.185. The number of rotatable bonds is 5. The summed E-state index contributed by atoms with van der Waals surface area (Å²) in [7, 11) is 0. The Morgan fingerprint density at radius 2 is 1.75 bits per heavy atom. The molecule has 0 aromatic carbocycles. The molecule has 7 heteroatoms. The highest BCUT2D eigenvalue weighted by Crippen LogP contribution is 2.00. The molecule has 0 aromatic heterocycles. The van der Waals surface area contributed by atoms with Gasteiger partial charge in [-0.05, 0) is 20.8 Å². The molecule has 92 valence electrons. The van der Waals surface area contributed by atoms with Gasteiger partial charge in [-0.2, -0.15) is 0 Å². The van der Waals surface area contributed by atoms with Crippen molar-refractivity contribution in [3.63, 3.8) is 0 Å². The zero-order valence-electron chi connectivity index (χ0n) is 9.59. The van der Waals surface area contributed by atoms with Crippen LogP contribution in [0.2, 0.25) is 0 Å². The zero-order chi connectivity index (χ0) is 12.8. The summed E-state index contributed by atoms with van der Waals surface area (Å²) in [5.41, 5.74) is -1.37. The van der Waals surface area contributed by atoms with E-state index in [9.17, 15) is 14.4 Å². The second-order valence-corrected chi connectivity index (χ2v) is 3.69. The molecule has 0 fully saturated rings. The minimum Gasteiger partial charge on any atom is -0.480 e. The number of amides is 3. The molecule has 0 aliphatic rings. The van der Waals surface area contributed by atoms with E-state index in [0.29, 0.717) is 6.54 Å². The molecule has 0 atom stereocenters. The number of carboxylic acids is 1. The molecule has 0 radical (unpaired) electrons. The van der Waals surface area contributed by atoms with E-state index in [4.69, 9.17) is 5.11 Å². The first-order chi connectivity index (χ1) is 7.29. The minimum atomic E-state index is -1.37. The maximum Gasteiger partial charge on any atom is 0.328 e. The number of likely N-dealkylation sites (N-methyl/N-ethyl adjacent to an activating group) is 1. The van der Waals surface area contributed by atoms with E-state index >= 15 is 0 Å². The summed E-state index contributed by atoms with van der Waals surface area (Å²) in [6.07, 6.45) is 0. The summed E-state index contributed by atoms with van der Waals surface area (Å²) >= 11 is 0. The van der Waals surface area contributed by atoms with Crippen LogP contribution in [0.15, 0.2) is 0 Å². The standard InChI is InChI=1S/C9H17N3O4/c1-4-10-6(13)5-11-8(16)12-9(2,3)7(14)15/h4-5H2,1-3H3,(H,10,13)(H,14,15)(H2,11,12,16). The van der Waals surface area contributed by atoms with Crippen molar-refractivity contribution < 1.29 is 19.5 Å². The van der Waals surface area contributed by atoms with Gasteiger partial charge in [0.25, 0.3) is 0 Å². The van der Waals surface area contributed by atoms with Gasteiger partial charge in [0.05, 0.1) is 6.54 Å². The number of aliphatic carboxylic acids is 1. The molecule has 4 N–H and O–H groups in total. The Balaban J connectivity index is 4.01. The van der Waals surface area contributed by atoms with Gasteiger partial charge < -0.3 is 21.1 Å². The average molecular weight is 231 g/mol. The van der Waals surface area contributed by atoms with E-state index in [2.05, 4.69) is 16.0 Å². The van der Waals surface area contributed by atoms with Gasteiger partial charge in [-0.15, -0.1) is 0 Å². The number of carbonyl (C=O) groups is 3. The van der Waals surface area contributed by atoms with Gasteiger partial charge in [-0.1, -0.05) is 0 Å². The Morgan fingerprint density at radius 1 is 1.19 bits per heavy atom. The van der Waals surface area contributed by atoms with Crippen molar-refractivity contribution in [1.82, 2.24) is 16.0 Å². The van der Waals surface area contributed by atoms with Crippen LogP contribution in [-0.2, 0) is 9.59 Å². The van der Waals surface area contributed by atoms with Crippen molar-refractivity contribution in [3.05, 3.63) is 0 Å². The van der Waals surface area contributed by atoms with Crippen molar-refractivity contribution in [2.24, 2.45) is 0 Å². The van der Waals surface area contributed by atoms with E-state index in [1.807, 2.05) is 0 Å². The Hall–Kier alpha value is -1.79. The summed E-state index contributed by atoms with van der Waals surface area (Å²) in [5.74, 6) is -1.48. The first-order valence-corrected chi connectivity index (χ1v) is 4.85. The third-order valence-electron chi connectivity index (χ3n) is 1.74. The molecule has 3 amide bonds. The molecule has 0 saturated heterocycles. The van der Waals surface area contributed by atoms with Crippen LogP contribution in [0.4, 0.5) is 4.79 Å². The fourth-order valence-electron chi connectivity index (χ4n) is 0.802. The lowest BCUT2D eigenvalue weighted by Gasteiger charge is -2.20. The van der Waals surface area contributed by atoms with Crippen LogP contribution in [0.3, 0.4) is 0 Å². The normalized spacial score (nSPS) is 10.4. The molecule has 16 heavy (non-hydrogen) atoms. The van der Waals surface area contributed by atoms with Crippen molar-refractivity contribution in [1.29, 1.82) is 0 Å². The van der Waals surface area contributed by atoms with Crippen molar-refractivity contribution in [2.75, 3.05) is 13.1 Å². The molecule has 0 spiro atoms. The fraction of sp³-hybridized carbons (Fsp3) is 0.667. The van der Waals surface area contributed by atoms with Crippen LogP contribution >= 0.6 is 0 Å². The van der Waals surface area contributed by atoms with E-state index in [1.165, 1.54) is 13.8 Å². The van der Waals surface area contributed by atoms with Crippen LogP contribution in [-0.4, -0.2) is 41.6 Å². The Bertz CT molecular complexity index is 288. The number of hydrogen-bond acceptors (Lipinski definition) is 3. The molecule has 7 nitrogen and oxygen atoms in total. The van der Waals surface area contributed by atoms with Gasteiger partial charge in [0.15, 0.2) is 0 Å². The second-order valence-electron chi connectivity index (χ2n) is 3.69. The van der Waals surface area contributed by atoms with Crippen LogP contribution in [0.5, 0.6) is 0 Å². The highest BCUT2D eigenvalue weighted by Gasteiger charge is 2.28. The first kappa shape index (κ1) is 14.2. The SMILES string of the molecule is CCNC(=O)CNC(=O)NC(C)(C)C(=O)O. The number of hydrogen-bond donors (Lipinski definition) is 4. The van der Waals surface area contributed by atoms with Crippen LogP contribution < -0.4 is 16.0 Å². The third kappa shape index (κ3) is 5.18. The molecule has 0 aromatic rings. The lowest BCUT2D eigenvalue weighted by Crippen LogP contribution is -2.54. The molecule has 0 heterocycles. The topological polar surface area (TPSA) is 108 Å². The molecule has 0 saturated carbocycles. The van der Waals surface area contributed by atoms with Gasteiger partial charge in [0.2, 0.25) is 5.91 Å². The molecule has 0 aliphatic heterocycles. The largest absolute Gasteiger partial charge is 0.480 e. The van der Waals surface area contributed by atoms with E-state index in [0.717, 1.165) is 0 Å². The molecule has 0 unspecified atom stereocenters. The number of carbonyl (C=O) groups excluding carboxylic acids is 2. The molecule has 0 aliphatic carbocycles. The highest BCUT2D eigenvalue weighted by molar-refractivity contribution is 5.88. The Kier molecular flexibility index (Phi) is 5.27. The summed E-state index contributed by atoms with van der Waals surface area (Å²) < 4.78 is 0. The van der Waals surface area contributed by atoms with E-state index in [1.54, 1.807) is 6.92 Å². The highest BCUT2D eigenvalue weighted by atomic mass is 16.4. The maximum atomic E-state index is 11.2. The quantitative estimate of drug-likeness (QED) is 0.501. The second kappa shape index (κ2) is 5.94. The third-order valence-corrected chi connectivity index (χ3v) is 1.74. The van der Waals surface area contributed by atoms with E-state index in [-0.39, 0.29) is 12.5 Å². The fourth-order valence-corrected chi connectivity index (χ4v) is 0.802. The maximum absolute atomic E-state index is 11.2. The summed E-state index contributed by atoms with van der Waals surface area (Å²) in [6.45, 7) is 4.74. The van der Waals surface area contributed by atoms with Crippen LogP contribution in [0.1, 0.15) is 20.8 Å². The number of nitrogens with one attached hydrogen (secondary N) is 3. The van der Waals surface area contributed by atoms with Crippen LogP contribution in [0, 0.1) is 0 Å². The van der Waals surface area contributed by atoms with Crippen molar-refractivity contribution in [3.8, 4) is 0 Å². The predicted octanol–water partition coefficient (Wildman–Crippen LogP) is -0.715. The lowest BCUT2D eigenvalue weighted by molar-refractivity contribution is -0.142. The summed E-state index contributed by atoms with van der Waals surface area (Å²) in [5, 5.41) is 15.7. The lowest BCUT2D eigenvalue weighted by atomic mass is 10.1. The number of carboxylic acid groups (broad SMARTS) is 1. The predicted molar refractivity (Wildman–Crippen MR) is 56.9 cm³/mol. The average Bonchev–Trinajstić information content (AvgIpc) is 2.14. The molecular formula is C9H17N3O4. The monoisotopic (exact) mass is 231 g/mol. The summed E-state index contributed by atoms with van der Waals surface area (Å²) in [4.78, 5) is 32.9. The van der Waals surface area contributed by atoms with Gasteiger partial charge in [0.1, 0.15) is 5.54 Å². The number of urea groups is 1. The summed E-state index contributed by atoms with van der Waals surface area (Å²) in [6, 6.07) is -0.696. The molecular weight excluding hydrogens is 214 g/mol. The first-order valence-electron chi connectivity index (χ1n) is 4.85. The Labute approximate surface area is 93.6 Å². The van der Waals surface area contributed by atoms with Crippen molar-refractivity contribution >= 4 is 17.9 Å². The molecule has 0 rings (SSSR count). The van der Waals surface area contributed by atoms with Gasteiger partial charge in [-0.3, -0.25) is 4.79 Å². The zero-order valence-corrected chi connectivity index (χ0v) is 9.59. The molecule has 0 bridgehead atoms. The smallest absolute Gasteiger partial charge is 0.328 e. The van der Waals surface area contributed by atoms with Crippen molar-refractivity contribution in [2.45, 2.75) is 26.3 Å². The van der Waals surface area contributed by atoms with Crippen LogP contribution in [0.25, 0.3) is 0 Å².